The van der Waals surface area contributed by atoms with Gasteiger partial charge in [0.1, 0.15) is 6.54 Å². The minimum Gasteiger partial charge on any atom is -0.382 e. The molecule has 0 unspecified atom stereocenters. The Hall–Kier alpha value is -0.850. The number of para-hydroxylation sites is 1. The van der Waals surface area contributed by atoms with E-state index in [1.807, 2.05) is 0 Å². The lowest BCUT2D eigenvalue weighted by molar-refractivity contribution is -0.118. The van der Waals surface area contributed by atoms with Crippen molar-refractivity contribution in [3.63, 3.8) is 0 Å². The maximum absolute atomic E-state index is 11.5. The Kier molecular flexibility index (Phi) is 7.00. The Balaban J connectivity index is 2.36. The second-order valence-electron chi connectivity index (χ2n) is 3.31. The number of benzene rings is 1. The Morgan fingerprint density at radius 3 is 2.56 bits per heavy atom. The van der Waals surface area contributed by atoms with E-state index < -0.39 is 0 Å². The number of hydrogen-bond acceptors (Lipinski definition) is 4. The fraction of sp³-hybridized carbons (Fsp3) is 0.364. The van der Waals surface area contributed by atoms with E-state index in [9.17, 15) is 4.79 Å². The highest BCUT2D eigenvalue weighted by atomic mass is 35.5. The average Bonchev–Trinajstić information content (AvgIpc) is 2.34. The first-order chi connectivity index (χ1) is 8.65. The molecule has 2 N–H and O–H groups in total. The summed E-state index contributed by atoms with van der Waals surface area (Å²) in [6.45, 7) is 0.798. The monoisotopic (exact) mass is 292 g/mol. The van der Waals surface area contributed by atoms with Crippen molar-refractivity contribution in [2.75, 3.05) is 32.2 Å². The lowest BCUT2D eigenvalue weighted by Crippen LogP contribution is -2.29. The number of amides is 1. The van der Waals surface area contributed by atoms with E-state index in [2.05, 4.69) is 10.8 Å². The maximum atomic E-state index is 11.5. The van der Waals surface area contributed by atoms with Crippen molar-refractivity contribution in [2.45, 2.75) is 0 Å². The van der Waals surface area contributed by atoms with E-state index >= 15 is 0 Å². The summed E-state index contributed by atoms with van der Waals surface area (Å²) in [6, 6.07) is 4.99. The van der Waals surface area contributed by atoms with E-state index in [0.29, 0.717) is 28.9 Å². The van der Waals surface area contributed by atoms with Gasteiger partial charge in [0.05, 0.1) is 28.9 Å². The fourth-order valence-electron chi connectivity index (χ4n) is 1.11. The minimum atomic E-state index is -0.303. The SMILES string of the molecule is COCCONCC(=O)Nc1c(Cl)cccc1Cl. The van der Waals surface area contributed by atoms with Gasteiger partial charge in [0.25, 0.3) is 0 Å². The zero-order valence-electron chi connectivity index (χ0n) is 9.83. The molecule has 0 aliphatic carbocycles. The number of anilines is 1. The molecule has 0 heterocycles. The van der Waals surface area contributed by atoms with Crippen LogP contribution < -0.4 is 10.8 Å². The third-order valence-corrected chi connectivity index (χ3v) is 2.58. The molecule has 1 amide bonds. The van der Waals surface area contributed by atoms with Gasteiger partial charge in [-0.05, 0) is 12.1 Å². The molecule has 0 aliphatic heterocycles. The largest absolute Gasteiger partial charge is 0.382 e. The molecule has 0 saturated carbocycles. The fourth-order valence-corrected chi connectivity index (χ4v) is 1.61. The molecule has 7 heteroatoms. The highest BCUT2D eigenvalue weighted by molar-refractivity contribution is 6.39. The highest BCUT2D eigenvalue weighted by Gasteiger charge is 2.08. The first-order valence-corrected chi connectivity index (χ1v) is 5.98. The van der Waals surface area contributed by atoms with Crippen LogP contribution in [0.5, 0.6) is 0 Å². The Labute approximate surface area is 115 Å². The third-order valence-electron chi connectivity index (χ3n) is 1.95. The van der Waals surface area contributed by atoms with Gasteiger partial charge in [-0.15, -0.1) is 0 Å². The zero-order chi connectivity index (χ0) is 13.4. The van der Waals surface area contributed by atoms with E-state index in [1.54, 1.807) is 25.3 Å². The molecule has 1 rings (SSSR count). The van der Waals surface area contributed by atoms with Gasteiger partial charge in [-0.1, -0.05) is 29.3 Å². The van der Waals surface area contributed by atoms with Crippen molar-refractivity contribution in [1.82, 2.24) is 5.48 Å². The summed E-state index contributed by atoms with van der Waals surface area (Å²) >= 11 is 11.8. The average molecular weight is 293 g/mol. The van der Waals surface area contributed by atoms with Gasteiger partial charge in [0.2, 0.25) is 5.91 Å². The summed E-state index contributed by atoms with van der Waals surface area (Å²) in [5.41, 5.74) is 2.89. The van der Waals surface area contributed by atoms with Gasteiger partial charge in [-0.2, -0.15) is 5.48 Å². The molecule has 100 valence electrons. The predicted molar refractivity (Wildman–Crippen MR) is 70.9 cm³/mol. The van der Waals surface area contributed by atoms with Gasteiger partial charge in [-0.3, -0.25) is 9.63 Å². The number of ether oxygens (including phenoxy) is 1. The first kappa shape index (κ1) is 15.2. The summed E-state index contributed by atoms with van der Waals surface area (Å²) in [4.78, 5) is 16.5. The summed E-state index contributed by atoms with van der Waals surface area (Å²) in [7, 11) is 1.56. The number of halogens is 2. The van der Waals surface area contributed by atoms with Crippen LogP contribution in [0.25, 0.3) is 0 Å². The van der Waals surface area contributed by atoms with Crippen LogP contribution in [0, 0.1) is 0 Å². The van der Waals surface area contributed by atoms with Crippen LogP contribution in [0.2, 0.25) is 10.0 Å². The van der Waals surface area contributed by atoms with E-state index in [4.69, 9.17) is 32.8 Å². The smallest absolute Gasteiger partial charge is 0.240 e. The molecule has 5 nitrogen and oxygen atoms in total. The van der Waals surface area contributed by atoms with Gasteiger partial charge in [0, 0.05) is 7.11 Å². The third kappa shape index (κ3) is 5.20. The second-order valence-corrected chi connectivity index (χ2v) is 4.12. The minimum absolute atomic E-state index is 0.00866. The normalized spacial score (nSPS) is 10.4. The number of methoxy groups -OCH3 is 1. The first-order valence-electron chi connectivity index (χ1n) is 5.22. The molecule has 18 heavy (non-hydrogen) atoms. The van der Waals surface area contributed by atoms with E-state index in [1.165, 1.54) is 0 Å². The topological polar surface area (TPSA) is 59.6 Å². The number of nitrogens with one attached hydrogen (secondary N) is 2. The molecular formula is C11H14Cl2N2O3. The van der Waals surface area contributed by atoms with Crippen LogP contribution in [-0.2, 0) is 14.4 Å². The maximum Gasteiger partial charge on any atom is 0.240 e. The number of carbonyl (C=O) groups excluding carboxylic acids is 1. The molecule has 0 aromatic heterocycles. The number of rotatable bonds is 7. The van der Waals surface area contributed by atoms with Crippen LogP contribution in [0.15, 0.2) is 18.2 Å². The van der Waals surface area contributed by atoms with Crippen LogP contribution in [-0.4, -0.2) is 32.8 Å². The Morgan fingerprint density at radius 2 is 1.94 bits per heavy atom. The summed E-state index contributed by atoms with van der Waals surface area (Å²) in [6.07, 6.45) is 0. The van der Waals surface area contributed by atoms with Crippen molar-refractivity contribution >= 4 is 34.8 Å². The van der Waals surface area contributed by atoms with Crippen LogP contribution in [0.1, 0.15) is 0 Å². The molecule has 0 radical (unpaired) electrons. The Bertz CT molecular complexity index is 382. The molecule has 1 aromatic rings. The number of hydroxylamine groups is 1. The molecule has 0 saturated heterocycles. The lowest BCUT2D eigenvalue weighted by Gasteiger charge is -2.09. The van der Waals surface area contributed by atoms with Gasteiger partial charge < -0.3 is 10.1 Å². The summed E-state index contributed by atoms with van der Waals surface area (Å²) in [5.74, 6) is -0.303. The summed E-state index contributed by atoms with van der Waals surface area (Å²) in [5, 5.41) is 3.36. The van der Waals surface area contributed by atoms with E-state index in [-0.39, 0.29) is 12.5 Å². The molecule has 0 fully saturated rings. The van der Waals surface area contributed by atoms with E-state index in [0.717, 1.165) is 0 Å². The molecule has 0 spiro atoms. The quantitative estimate of drug-likeness (QED) is 0.597. The van der Waals surface area contributed by atoms with Crippen molar-refractivity contribution in [3.8, 4) is 0 Å². The highest BCUT2D eigenvalue weighted by Crippen LogP contribution is 2.29. The second kappa shape index (κ2) is 8.29. The van der Waals surface area contributed by atoms with Crippen molar-refractivity contribution in [2.24, 2.45) is 0 Å². The van der Waals surface area contributed by atoms with Crippen LogP contribution in [0.4, 0.5) is 5.69 Å². The van der Waals surface area contributed by atoms with Crippen LogP contribution in [0.3, 0.4) is 0 Å². The van der Waals surface area contributed by atoms with Crippen molar-refractivity contribution < 1.29 is 14.4 Å². The predicted octanol–water partition coefficient (Wildman–Crippen LogP) is 2.10. The van der Waals surface area contributed by atoms with Crippen LogP contribution >= 0.6 is 23.2 Å². The zero-order valence-corrected chi connectivity index (χ0v) is 11.3. The lowest BCUT2D eigenvalue weighted by atomic mass is 10.3. The number of carbonyl (C=O) groups is 1. The molecular weight excluding hydrogens is 279 g/mol. The van der Waals surface area contributed by atoms with Gasteiger partial charge in [-0.25, -0.2) is 0 Å². The molecule has 0 atom stereocenters. The van der Waals surface area contributed by atoms with Gasteiger partial charge in [0.15, 0.2) is 0 Å². The summed E-state index contributed by atoms with van der Waals surface area (Å²) < 4.78 is 4.78. The number of hydrogen-bond donors (Lipinski definition) is 2. The Morgan fingerprint density at radius 1 is 1.28 bits per heavy atom. The molecule has 0 aliphatic rings. The molecule has 0 bridgehead atoms. The standard InChI is InChI=1S/C11H14Cl2N2O3/c1-17-5-6-18-14-7-10(16)15-11-8(12)3-2-4-9(11)13/h2-4,14H,5-7H2,1H3,(H,15,16). The van der Waals surface area contributed by atoms with Crippen molar-refractivity contribution in [1.29, 1.82) is 0 Å². The molecule has 1 aromatic carbocycles. The van der Waals surface area contributed by atoms with Crippen molar-refractivity contribution in [3.05, 3.63) is 28.2 Å². The van der Waals surface area contributed by atoms with Gasteiger partial charge >= 0.3 is 0 Å².